The Bertz CT molecular complexity index is 586. The Morgan fingerprint density at radius 2 is 2.22 bits per heavy atom. The highest BCUT2D eigenvalue weighted by Gasteiger charge is 2.29. The second-order valence-electron chi connectivity index (χ2n) is 5.22. The average molecular weight is 387 g/mol. The third kappa shape index (κ3) is 4.82. The number of piperidine rings is 1. The summed E-state index contributed by atoms with van der Waals surface area (Å²) in [5.74, 6) is -1.10. The normalized spacial score (nSPS) is 17.7. The lowest BCUT2D eigenvalue weighted by molar-refractivity contribution is -0.151. The number of nitrogens with one attached hydrogen (secondary N) is 1. The van der Waals surface area contributed by atoms with Gasteiger partial charge in [-0.15, -0.1) is 0 Å². The molecule has 1 unspecified atom stereocenters. The first kappa shape index (κ1) is 17.5. The lowest BCUT2D eigenvalue weighted by atomic mass is 9.98. The molecular formula is C15H19BrN2O5. The van der Waals surface area contributed by atoms with Gasteiger partial charge in [-0.25, -0.2) is 0 Å². The lowest BCUT2D eigenvalue weighted by Gasteiger charge is -2.31. The monoisotopic (exact) mass is 386 g/mol. The van der Waals surface area contributed by atoms with Crippen molar-refractivity contribution < 1.29 is 23.5 Å². The molecule has 7 nitrogen and oxygen atoms in total. The van der Waals surface area contributed by atoms with Crippen LogP contribution in [-0.2, 0) is 14.3 Å². The molecule has 1 atom stereocenters. The number of amides is 2. The molecule has 2 rings (SSSR count). The molecule has 126 valence electrons. The Morgan fingerprint density at radius 1 is 1.43 bits per heavy atom. The molecule has 0 saturated carbocycles. The number of nitrogens with zero attached hydrogens (tertiary/aromatic N) is 1. The Kier molecular flexibility index (Phi) is 6.20. The standard InChI is InChI=1S/C15H19BrN2O5/c1-2-22-15(21)10-4-3-7-18(9-10)13(19)8-17-14(20)11-5-6-12(16)23-11/h5-6,10H,2-4,7-9H2,1H3,(H,17,20). The van der Waals surface area contributed by atoms with Gasteiger partial charge in [-0.2, -0.15) is 0 Å². The predicted octanol–water partition coefficient (Wildman–Crippen LogP) is 1.57. The molecule has 23 heavy (non-hydrogen) atoms. The molecule has 2 heterocycles. The summed E-state index contributed by atoms with van der Waals surface area (Å²) in [6.07, 6.45) is 1.46. The van der Waals surface area contributed by atoms with E-state index >= 15 is 0 Å². The number of hydrogen-bond donors (Lipinski definition) is 1. The maximum atomic E-state index is 12.2. The quantitative estimate of drug-likeness (QED) is 0.775. The predicted molar refractivity (Wildman–Crippen MR) is 84.7 cm³/mol. The van der Waals surface area contributed by atoms with Gasteiger partial charge in [0.15, 0.2) is 10.4 Å². The van der Waals surface area contributed by atoms with Gasteiger partial charge in [0.05, 0.1) is 19.1 Å². The van der Waals surface area contributed by atoms with E-state index in [1.165, 1.54) is 6.07 Å². The zero-order valence-electron chi connectivity index (χ0n) is 12.8. The SMILES string of the molecule is CCOC(=O)C1CCCN(C(=O)CNC(=O)c2ccc(Br)o2)C1. The molecule has 1 N–H and O–H groups in total. The number of halogens is 1. The van der Waals surface area contributed by atoms with Crippen LogP contribution in [0.5, 0.6) is 0 Å². The van der Waals surface area contributed by atoms with Crippen molar-refractivity contribution in [3.8, 4) is 0 Å². The van der Waals surface area contributed by atoms with E-state index in [0.717, 1.165) is 12.8 Å². The number of rotatable bonds is 5. The van der Waals surface area contributed by atoms with Crippen molar-refractivity contribution in [3.05, 3.63) is 22.6 Å². The number of carbonyl (C=O) groups is 3. The number of carbonyl (C=O) groups excluding carboxylic acids is 3. The first-order valence-electron chi connectivity index (χ1n) is 7.49. The highest BCUT2D eigenvalue weighted by Crippen LogP contribution is 2.18. The van der Waals surface area contributed by atoms with Gasteiger partial charge < -0.3 is 19.4 Å². The maximum Gasteiger partial charge on any atom is 0.310 e. The fourth-order valence-corrected chi connectivity index (χ4v) is 2.75. The average Bonchev–Trinajstić information content (AvgIpc) is 2.99. The summed E-state index contributed by atoms with van der Waals surface area (Å²) in [7, 11) is 0. The fraction of sp³-hybridized carbons (Fsp3) is 0.533. The molecule has 1 aromatic heterocycles. The summed E-state index contributed by atoms with van der Waals surface area (Å²) in [5.41, 5.74) is 0. The molecule has 1 aliphatic heterocycles. The second-order valence-corrected chi connectivity index (χ2v) is 6.00. The Morgan fingerprint density at radius 3 is 2.87 bits per heavy atom. The van der Waals surface area contributed by atoms with Gasteiger partial charge in [0.1, 0.15) is 0 Å². The van der Waals surface area contributed by atoms with Crippen molar-refractivity contribution in [2.45, 2.75) is 19.8 Å². The van der Waals surface area contributed by atoms with Crippen LogP contribution in [0.1, 0.15) is 30.3 Å². The largest absolute Gasteiger partial charge is 0.466 e. The van der Waals surface area contributed by atoms with Crippen molar-refractivity contribution in [2.75, 3.05) is 26.2 Å². The van der Waals surface area contributed by atoms with Gasteiger partial charge in [-0.3, -0.25) is 14.4 Å². The number of esters is 1. The molecule has 0 aliphatic carbocycles. The highest BCUT2D eigenvalue weighted by molar-refractivity contribution is 9.10. The van der Waals surface area contributed by atoms with E-state index in [4.69, 9.17) is 9.15 Å². The summed E-state index contributed by atoms with van der Waals surface area (Å²) >= 11 is 3.11. The number of furan rings is 1. The van der Waals surface area contributed by atoms with Crippen LogP contribution in [0, 0.1) is 5.92 Å². The summed E-state index contributed by atoms with van der Waals surface area (Å²) in [4.78, 5) is 37.4. The van der Waals surface area contributed by atoms with Crippen LogP contribution in [0.3, 0.4) is 0 Å². The minimum Gasteiger partial charge on any atom is -0.466 e. The van der Waals surface area contributed by atoms with Crippen molar-refractivity contribution >= 4 is 33.7 Å². The van der Waals surface area contributed by atoms with E-state index in [1.54, 1.807) is 17.9 Å². The van der Waals surface area contributed by atoms with Gasteiger partial charge in [-0.1, -0.05) is 0 Å². The lowest BCUT2D eigenvalue weighted by Crippen LogP contribution is -2.46. The Balaban J connectivity index is 1.83. The van der Waals surface area contributed by atoms with Crippen LogP contribution < -0.4 is 5.32 Å². The number of ether oxygens (including phenoxy) is 1. The first-order valence-corrected chi connectivity index (χ1v) is 8.28. The smallest absolute Gasteiger partial charge is 0.310 e. The van der Waals surface area contributed by atoms with Crippen molar-refractivity contribution in [1.82, 2.24) is 10.2 Å². The molecule has 1 aliphatic rings. The summed E-state index contributed by atoms with van der Waals surface area (Å²) in [5, 5.41) is 2.52. The van der Waals surface area contributed by atoms with Gasteiger partial charge in [-0.05, 0) is 47.8 Å². The van der Waals surface area contributed by atoms with E-state index in [-0.39, 0.29) is 30.1 Å². The van der Waals surface area contributed by atoms with Gasteiger partial charge >= 0.3 is 5.97 Å². The minimum atomic E-state index is -0.456. The van der Waals surface area contributed by atoms with Crippen molar-refractivity contribution in [1.29, 1.82) is 0 Å². The summed E-state index contributed by atoms with van der Waals surface area (Å²) < 4.78 is 10.6. The van der Waals surface area contributed by atoms with Crippen LogP contribution >= 0.6 is 15.9 Å². The van der Waals surface area contributed by atoms with E-state index < -0.39 is 5.91 Å². The van der Waals surface area contributed by atoms with E-state index in [2.05, 4.69) is 21.2 Å². The molecule has 2 amide bonds. The number of hydrogen-bond acceptors (Lipinski definition) is 5. The van der Waals surface area contributed by atoms with Gasteiger partial charge in [0.25, 0.3) is 5.91 Å². The minimum absolute atomic E-state index is 0.132. The van der Waals surface area contributed by atoms with Gasteiger partial charge in [0, 0.05) is 13.1 Å². The summed E-state index contributed by atoms with van der Waals surface area (Å²) in [6.45, 7) is 2.87. The third-order valence-electron chi connectivity index (χ3n) is 3.59. The van der Waals surface area contributed by atoms with Crippen molar-refractivity contribution in [3.63, 3.8) is 0 Å². The first-order chi connectivity index (χ1) is 11.0. The van der Waals surface area contributed by atoms with E-state index in [1.807, 2.05) is 0 Å². The van der Waals surface area contributed by atoms with Crippen molar-refractivity contribution in [2.24, 2.45) is 5.92 Å². The Labute approximate surface area is 142 Å². The van der Waals surface area contributed by atoms with E-state index in [9.17, 15) is 14.4 Å². The summed E-state index contributed by atoms with van der Waals surface area (Å²) in [6, 6.07) is 3.12. The fourth-order valence-electron chi connectivity index (χ4n) is 2.45. The second kappa shape index (κ2) is 8.14. The molecule has 0 radical (unpaired) electrons. The molecule has 0 spiro atoms. The maximum absolute atomic E-state index is 12.2. The number of likely N-dealkylation sites (tertiary alicyclic amines) is 1. The molecule has 8 heteroatoms. The molecule has 1 saturated heterocycles. The van der Waals surface area contributed by atoms with Crippen LogP contribution in [-0.4, -0.2) is 48.9 Å². The third-order valence-corrected chi connectivity index (χ3v) is 4.02. The highest BCUT2D eigenvalue weighted by atomic mass is 79.9. The van der Waals surface area contributed by atoms with Gasteiger partial charge in [0.2, 0.25) is 5.91 Å². The molecule has 0 bridgehead atoms. The Hall–Kier alpha value is -1.83. The van der Waals surface area contributed by atoms with Crippen LogP contribution in [0.2, 0.25) is 0 Å². The molecule has 1 aromatic rings. The molecule has 0 aromatic carbocycles. The zero-order chi connectivity index (χ0) is 16.8. The van der Waals surface area contributed by atoms with Crippen LogP contribution in [0.25, 0.3) is 0 Å². The topological polar surface area (TPSA) is 88.9 Å². The molecular weight excluding hydrogens is 368 g/mol. The van der Waals surface area contributed by atoms with Crippen LogP contribution in [0.4, 0.5) is 0 Å². The van der Waals surface area contributed by atoms with Crippen LogP contribution in [0.15, 0.2) is 21.2 Å². The molecule has 1 fully saturated rings. The van der Waals surface area contributed by atoms with E-state index in [0.29, 0.717) is 24.4 Å². The zero-order valence-corrected chi connectivity index (χ0v) is 14.4.